The smallest absolute Gasteiger partial charge is 0.293 e. The number of furan rings is 1. The molecule has 0 spiro atoms. The Balaban J connectivity index is 1.55. The van der Waals surface area contributed by atoms with E-state index in [4.69, 9.17) is 4.42 Å². The van der Waals surface area contributed by atoms with Crippen LogP contribution in [0.25, 0.3) is 0 Å². The van der Waals surface area contributed by atoms with Gasteiger partial charge in [-0.2, -0.15) is 11.8 Å². The molecule has 8 heteroatoms. The molecule has 1 aliphatic rings. The number of hydrogen-bond acceptors (Lipinski definition) is 6. The van der Waals surface area contributed by atoms with Crippen LogP contribution in [0.5, 0.6) is 0 Å². The Morgan fingerprint density at radius 1 is 1.26 bits per heavy atom. The number of nitro benzene ring substituents is 1. The molecular weight excluding hydrogens is 366 g/mol. The summed E-state index contributed by atoms with van der Waals surface area (Å²) in [6, 6.07) is 8.51. The molecule has 0 aliphatic carbocycles. The Hall–Kier alpha value is -2.48. The fraction of sp³-hybridized carbons (Fsp3) is 0.421. The highest BCUT2D eigenvalue weighted by Crippen LogP contribution is 2.31. The van der Waals surface area contributed by atoms with Crippen LogP contribution >= 0.6 is 11.8 Å². The van der Waals surface area contributed by atoms with Crippen LogP contribution in [0, 0.1) is 10.1 Å². The largest absolute Gasteiger partial charge is 0.468 e. The maximum absolute atomic E-state index is 12.3. The van der Waals surface area contributed by atoms with E-state index in [0.29, 0.717) is 17.8 Å². The topological polar surface area (TPSA) is 88.6 Å². The number of benzene rings is 1. The van der Waals surface area contributed by atoms with Crippen molar-refractivity contribution in [1.82, 2.24) is 5.32 Å². The number of amides is 1. The predicted octanol–water partition coefficient (Wildman–Crippen LogP) is 3.84. The van der Waals surface area contributed by atoms with Crippen LogP contribution in [-0.2, 0) is 5.75 Å². The van der Waals surface area contributed by atoms with Crippen LogP contribution in [-0.4, -0.2) is 36.2 Å². The van der Waals surface area contributed by atoms with Crippen molar-refractivity contribution < 1.29 is 14.1 Å². The number of nitrogens with zero attached hydrogens (tertiary/aromatic N) is 2. The van der Waals surface area contributed by atoms with Crippen molar-refractivity contribution >= 4 is 29.0 Å². The van der Waals surface area contributed by atoms with Crippen molar-refractivity contribution in [2.24, 2.45) is 0 Å². The molecule has 2 aromatic rings. The normalized spacial score (nSPS) is 14.1. The maximum Gasteiger partial charge on any atom is 0.293 e. The number of piperidine rings is 1. The first-order valence-electron chi connectivity index (χ1n) is 9.07. The molecule has 1 aromatic heterocycles. The third-order valence-electron chi connectivity index (χ3n) is 4.49. The molecule has 1 fully saturated rings. The average molecular weight is 389 g/mol. The summed E-state index contributed by atoms with van der Waals surface area (Å²) in [6.45, 7) is 2.13. The standard InChI is InChI=1S/C19H23N3O4S/c23-19(20-8-12-27-14-16-5-4-11-26-16)15-6-7-17(18(13-15)22(24)25)21-9-2-1-3-10-21/h4-7,11,13H,1-3,8-10,12,14H2,(H,20,23). The predicted molar refractivity (Wildman–Crippen MR) is 106 cm³/mol. The van der Waals surface area contributed by atoms with E-state index in [2.05, 4.69) is 5.32 Å². The van der Waals surface area contributed by atoms with E-state index in [-0.39, 0.29) is 11.6 Å². The van der Waals surface area contributed by atoms with Gasteiger partial charge in [0.05, 0.1) is 16.9 Å². The molecular formula is C19H23N3O4S. The van der Waals surface area contributed by atoms with E-state index in [1.54, 1.807) is 30.2 Å². The maximum atomic E-state index is 12.3. The van der Waals surface area contributed by atoms with Crippen molar-refractivity contribution in [2.45, 2.75) is 25.0 Å². The summed E-state index contributed by atoms with van der Waals surface area (Å²) in [6.07, 6.45) is 4.87. The van der Waals surface area contributed by atoms with Crippen molar-refractivity contribution in [3.8, 4) is 0 Å². The van der Waals surface area contributed by atoms with Gasteiger partial charge in [-0.15, -0.1) is 0 Å². The molecule has 1 aliphatic heterocycles. The monoisotopic (exact) mass is 389 g/mol. The number of rotatable bonds is 8. The highest BCUT2D eigenvalue weighted by atomic mass is 32.2. The summed E-state index contributed by atoms with van der Waals surface area (Å²) < 4.78 is 5.25. The number of nitrogens with one attached hydrogen (secondary N) is 1. The summed E-state index contributed by atoms with van der Waals surface area (Å²) in [5.74, 6) is 2.09. The highest BCUT2D eigenvalue weighted by Gasteiger charge is 2.23. The number of carbonyl (C=O) groups excluding carboxylic acids is 1. The molecule has 0 bridgehead atoms. The highest BCUT2D eigenvalue weighted by molar-refractivity contribution is 7.98. The number of carbonyl (C=O) groups is 1. The number of anilines is 1. The zero-order chi connectivity index (χ0) is 19.1. The van der Waals surface area contributed by atoms with Gasteiger partial charge in [0.1, 0.15) is 11.4 Å². The molecule has 2 heterocycles. The summed E-state index contributed by atoms with van der Waals surface area (Å²) in [4.78, 5) is 25.4. The van der Waals surface area contributed by atoms with Gasteiger partial charge in [-0.25, -0.2) is 0 Å². The molecule has 0 unspecified atom stereocenters. The van der Waals surface area contributed by atoms with Crippen LogP contribution in [0.4, 0.5) is 11.4 Å². The summed E-state index contributed by atoms with van der Waals surface area (Å²) >= 11 is 1.65. The van der Waals surface area contributed by atoms with Gasteiger partial charge >= 0.3 is 0 Å². The molecule has 1 amide bonds. The molecule has 0 saturated carbocycles. The van der Waals surface area contributed by atoms with Crippen LogP contribution in [0.1, 0.15) is 35.4 Å². The van der Waals surface area contributed by atoms with E-state index in [1.807, 2.05) is 17.0 Å². The average Bonchev–Trinajstić information content (AvgIpc) is 3.21. The molecule has 0 radical (unpaired) electrons. The SMILES string of the molecule is O=C(NCCSCc1ccco1)c1ccc(N2CCCCC2)c([N+](=O)[O-])c1. The van der Waals surface area contributed by atoms with Gasteiger partial charge in [0, 0.05) is 37.0 Å². The van der Waals surface area contributed by atoms with Crippen molar-refractivity contribution in [1.29, 1.82) is 0 Å². The molecule has 1 N–H and O–H groups in total. The van der Waals surface area contributed by atoms with Crippen LogP contribution in [0.2, 0.25) is 0 Å². The summed E-state index contributed by atoms with van der Waals surface area (Å²) in [5.41, 5.74) is 0.917. The van der Waals surface area contributed by atoms with E-state index in [0.717, 1.165) is 49.6 Å². The van der Waals surface area contributed by atoms with Crippen LogP contribution in [0.15, 0.2) is 41.0 Å². The second-order valence-corrected chi connectivity index (χ2v) is 7.50. The molecule has 0 atom stereocenters. The third-order valence-corrected chi connectivity index (χ3v) is 5.47. The Morgan fingerprint density at radius 3 is 2.78 bits per heavy atom. The van der Waals surface area contributed by atoms with Gasteiger partial charge in [0.15, 0.2) is 0 Å². The molecule has 7 nitrogen and oxygen atoms in total. The van der Waals surface area contributed by atoms with Crippen LogP contribution < -0.4 is 10.2 Å². The van der Waals surface area contributed by atoms with Gasteiger partial charge in [-0.1, -0.05) is 0 Å². The first-order chi connectivity index (χ1) is 13.1. The lowest BCUT2D eigenvalue weighted by molar-refractivity contribution is -0.384. The lowest BCUT2D eigenvalue weighted by Crippen LogP contribution is -2.30. The van der Waals surface area contributed by atoms with E-state index < -0.39 is 4.92 Å². The van der Waals surface area contributed by atoms with Gasteiger partial charge in [0.2, 0.25) is 0 Å². The van der Waals surface area contributed by atoms with Crippen molar-refractivity contribution in [3.05, 3.63) is 58.0 Å². The van der Waals surface area contributed by atoms with Gasteiger partial charge in [-0.05, 0) is 43.5 Å². The molecule has 27 heavy (non-hydrogen) atoms. The minimum atomic E-state index is -0.403. The molecule has 3 rings (SSSR count). The second kappa shape index (κ2) is 9.45. The molecule has 1 saturated heterocycles. The Labute approximate surface area is 162 Å². The zero-order valence-electron chi connectivity index (χ0n) is 15.1. The second-order valence-electron chi connectivity index (χ2n) is 6.40. The third kappa shape index (κ3) is 5.26. The van der Waals surface area contributed by atoms with E-state index in [9.17, 15) is 14.9 Å². The minimum Gasteiger partial charge on any atom is -0.468 e. The number of nitro groups is 1. The first-order valence-corrected chi connectivity index (χ1v) is 10.2. The van der Waals surface area contributed by atoms with Crippen molar-refractivity contribution in [2.75, 3.05) is 30.3 Å². The van der Waals surface area contributed by atoms with E-state index >= 15 is 0 Å². The Kier molecular flexibility index (Phi) is 6.75. The minimum absolute atomic E-state index is 0.00301. The zero-order valence-corrected chi connectivity index (χ0v) is 15.9. The molecule has 144 valence electrons. The summed E-state index contributed by atoms with van der Waals surface area (Å²) in [5, 5.41) is 14.3. The van der Waals surface area contributed by atoms with Crippen molar-refractivity contribution in [3.63, 3.8) is 0 Å². The summed E-state index contributed by atoms with van der Waals surface area (Å²) in [7, 11) is 0. The number of hydrogen-bond donors (Lipinski definition) is 1. The Morgan fingerprint density at radius 2 is 2.07 bits per heavy atom. The quantitative estimate of drug-likeness (QED) is 0.419. The number of thioether (sulfide) groups is 1. The van der Waals surface area contributed by atoms with Gasteiger partial charge in [-0.3, -0.25) is 14.9 Å². The molecule has 1 aromatic carbocycles. The van der Waals surface area contributed by atoms with Gasteiger partial charge < -0.3 is 14.6 Å². The first kappa shape index (κ1) is 19.3. The fourth-order valence-corrected chi connectivity index (χ4v) is 3.88. The lowest BCUT2D eigenvalue weighted by atomic mass is 10.1. The fourth-order valence-electron chi connectivity index (χ4n) is 3.12. The lowest BCUT2D eigenvalue weighted by Gasteiger charge is -2.28. The van der Waals surface area contributed by atoms with Gasteiger partial charge in [0.25, 0.3) is 11.6 Å². The Bertz CT molecular complexity index is 773. The van der Waals surface area contributed by atoms with Crippen LogP contribution in [0.3, 0.4) is 0 Å². The van der Waals surface area contributed by atoms with E-state index in [1.165, 1.54) is 6.07 Å².